The standard InChI is InChI=1S/C15H22FN3/c1-15(12-17,18-2)9-4-5-10-19(3)14-8-6-7-13(16)11-14/h6-8,11,18H,4-5,9-10H2,1-3H3. The first kappa shape index (κ1) is 15.5. The number of hydrogen-bond acceptors (Lipinski definition) is 3. The molecule has 0 bridgehead atoms. The Labute approximate surface area is 115 Å². The van der Waals surface area contributed by atoms with Gasteiger partial charge in [-0.2, -0.15) is 5.26 Å². The SMILES string of the molecule is CNC(C)(C#N)CCCCN(C)c1cccc(F)c1. The fraction of sp³-hybridized carbons (Fsp3) is 0.533. The summed E-state index contributed by atoms with van der Waals surface area (Å²) in [6.45, 7) is 2.76. The Morgan fingerprint density at radius 1 is 1.42 bits per heavy atom. The van der Waals surface area contributed by atoms with Crippen LogP contribution in [0.15, 0.2) is 24.3 Å². The molecule has 0 saturated heterocycles. The van der Waals surface area contributed by atoms with Crippen LogP contribution in [0.2, 0.25) is 0 Å². The maximum absolute atomic E-state index is 13.1. The van der Waals surface area contributed by atoms with Crippen molar-refractivity contribution in [3.8, 4) is 6.07 Å². The molecule has 0 radical (unpaired) electrons. The van der Waals surface area contributed by atoms with E-state index in [0.29, 0.717) is 0 Å². The van der Waals surface area contributed by atoms with E-state index in [1.807, 2.05) is 32.0 Å². The third-order valence-electron chi connectivity index (χ3n) is 3.47. The number of benzene rings is 1. The molecule has 0 heterocycles. The minimum absolute atomic E-state index is 0.211. The third kappa shape index (κ3) is 4.88. The van der Waals surface area contributed by atoms with Gasteiger partial charge in [0, 0.05) is 19.3 Å². The van der Waals surface area contributed by atoms with E-state index in [9.17, 15) is 4.39 Å². The van der Waals surface area contributed by atoms with Crippen molar-refractivity contribution in [2.24, 2.45) is 0 Å². The summed E-state index contributed by atoms with van der Waals surface area (Å²) in [4.78, 5) is 2.03. The summed E-state index contributed by atoms with van der Waals surface area (Å²) in [5.74, 6) is -0.211. The second-order valence-electron chi connectivity index (χ2n) is 5.05. The molecule has 0 fully saturated rings. The Hall–Kier alpha value is -1.60. The molecule has 0 aliphatic carbocycles. The fourth-order valence-corrected chi connectivity index (χ4v) is 1.91. The summed E-state index contributed by atoms with van der Waals surface area (Å²) in [5.41, 5.74) is 0.439. The smallest absolute Gasteiger partial charge is 0.125 e. The van der Waals surface area contributed by atoms with Gasteiger partial charge in [-0.15, -0.1) is 0 Å². The molecule has 19 heavy (non-hydrogen) atoms. The number of rotatable bonds is 7. The largest absolute Gasteiger partial charge is 0.375 e. The predicted molar refractivity (Wildman–Crippen MR) is 76.6 cm³/mol. The van der Waals surface area contributed by atoms with Crippen LogP contribution in [-0.2, 0) is 0 Å². The highest BCUT2D eigenvalue weighted by Crippen LogP contribution is 2.16. The van der Waals surface area contributed by atoms with E-state index in [0.717, 1.165) is 31.5 Å². The second kappa shape index (κ2) is 7.10. The van der Waals surface area contributed by atoms with Crippen molar-refractivity contribution in [3.05, 3.63) is 30.1 Å². The summed E-state index contributed by atoms with van der Waals surface area (Å²) < 4.78 is 13.1. The van der Waals surface area contributed by atoms with Crippen LogP contribution in [0.25, 0.3) is 0 Å². The van der Waals surface area contributed by atoms with E-state index in [-0.39, 0.29) is 5.82 Å². The second-order valence-corrected chi connectivity index (χ2v) is 5.05. The van der Waals surface area contributed by atoms with Crippen molar-refractivity contribution in [2.75, 3.05) is 25.5 Å². The van der Waals surface area contributed by atoms with Gasteiger partial charge in [0.2, 0.25) is 0 Å². The summed E-state index contributed by atoms with van der Waals surface area (Å²) in [6.07, 6.45) is 2.76. The van der Waals surface area contributed by atoms with Crippen LogP contribution < -0.4 is 10.2 Å². The van der Waals surface area contributed by atoms with Gasteiger partial charge in [-0.05, 0) is 51.4 Å². The Kier molecular flexibility index (Phi) is 5.78. The Balaban J connectivity index is 2.36. The van der Waals surface area contributed by atoms with Gasteiger partial charge in [0.15, 0.2) is 0 Å². The molecule has 3 nitrogen and oxygen atoms in total. The number of anilines is 1. The van der Waals surface area contributed by atoms with Crippen LogP contribution in [-0.4, -0.2) is 26.2 Å². The summed E-state index contributed by atoms with van der Waals surface area (Å²) in [5, 5.41) is 12.1. The first-order valence-electron chi connectivity index (χ1n) is 6.57. The molecular weight excluding hydrogens is 241 g/mol. The van der Waals surface area contributed by atoms with E-state index >= 15 is 0 Å². The zero-order chi connectivity index (χ0) is 14.3. The van der Waals surface area contributed by atoms with Crippen LogP contribution in [0, 0.1) is 17.1 Å². The number of halogens is 1. The van der Waals surface area contributed by atoms with Gasteiger partial charge in [-0.1, -0.05) is 6.07 Å². The average molecular weight is 263 g/mol. The number of nitrogens with zero attached hydrogens (tertiary/aromatic N) is 2. The molecule has 0 aliphatic heterocycles. The van der Waals surface area contributed by atoms with Crippen LogP contribution in [0.3, 0.4) is 0 Å². The summed E-state index contributed by atoms with van der Waals surface area (Å²) >= 11 is 0. The third-order valence-corrected chi connectivity index (χ3v) is 3.47. The molecule has 4 heteroatoms. The zero-order valence-corrected chi connectivity index (χ0v) is 11.9. The maximum Gasteiger partial charge on any atom is 0.125 e. The van der Waals surface area contributed by atoms with Crippen molar-refractivity contribution >= 4 is 5.69 Å². The van der Waals surface area contributed by atoms with Crippen LogP contribution in [0.1, 0.15) is 26.2 Å². The van der Waals surface area contributed by atoms with E-state index < -0.39 is 5.54 Å². The van der Waals surface area contributed by atoms with Gasteiger partial charge in [0.25, 0.3) is 0 Å². The van der Waals surface area contributed by atoms with Crippen molar-refractivity contribution in [3.63, 3.8) is 0 Å². The number of nitrogens with one attached hydrogen (secondary N) is 1. The van der Waals surface area contributed by atoms with Crippen LogP contribution >= 0.6 is 0 Å². The lowest BCUT2D eigenvalue weighted by atomic mass is 9.97. The van der Waals surface area contributed by atoms with Crippen molar-refractivity contribution in [2.45, 2.75) is 31.7 Å². The normalized spacial score (nSPS) is 13.6. The molecule has 0 saturated carbocycles. The van der Waals surface area contributed by atoms with Gasteiger partial charge < -0.3 is 10.2 Å². The molecule has 104 valence electrons. The van der Waals surface area contributed by atoms with Gasteiger partial charge in [0.1, 0.15) is 11.4 Å². The van der Waals surface area contributed by atoms with Crippen molar-refractivity contribution < 1.29 is 4.39 Å². The molecule has 0 aliphatic rings. The predicted octanol–water partition coefficient (Wildman–Crippen LogP) is 2.93. The molecule has 0 spiro atoms. The van der Waals surface area contributed by atoms with Crippen LogP contribution in [0.4, 0.5) is 10.1 Å². The number of hydrogen-bond donors (Lipinski definition) is 1. The Morgan fingerprint density at radius 3 is 2.74 bits per heavy atom. The highest BCUT2D eigenvalue weighted by Gasteiger charge is 2.19. The lowest BCUT2D eigenvalue weighted by molar-refractivity contribution is 0.434. The molecule has 1 aromatic rings. The Morgan fingerprint density at radius 2 is 2.16 bits per heavy atom. The quantitative estimate of drug-likeness (QED) is 0.769. The fourth-order valence-electron chi connectivity index (χ4n) is 1.91. The highest BCUT2D eigenvalue weighted by atomic mass is 19.1. The molecule has 1 N–H and O–H groups in total. The van der Waals surface area contributed by atoms with Gasteiger partial charge in [-0.25, -0.2) is 4.39 Å². The van der Waals surface area contributed by atoms with Gasteiger partial charge in [0.05, 0.1) is 6.07 Å². The lowest BCUT2D eigenvalue weighted by Crippen LogP contribution is -2.38. The monoisotopic (exact) mass is 263 g/mol. The highest BCUT2D eigenvalue weighted by molar-refractivity contribution is 5.45. The molecule has 1 atom stereocenters. The minimum atomic E-state index is -0.447. The van der Waals surface area contributed by atoms with E-state index in [1.165, 1.54) is 12.1 Å². The lowest BCUT2D eigenvalue weighted by Gasteiger charge is -2.22. The molecule has 1 rings (SSSR count). The number of nitriles is 1. The molecule has 1 aromatic carbocycles. The van der Waals surface area contributed by atoms with E-state index in [1.54, 1.807) is 6.07 Å². The molecule has 0 aromatic heterocycles. The van der Waals surface area contributed by atoms with E-state index in [4.69, 9.17) is 5.26 Å². The van der Waals surface area contributed by atoms with Crippen molar-refractivity contribution in [1.82, 2.24) is 5.32 Å². The van der Waals surface area contributed by atoms with Crippen LogP contribution in [0.5, 0.6) is 0 Å². The van der Waals surface area contributed by atoms with E-state index in [2.05, 4.69) is 11.4 Å². The minimum Gasteiger partial charge on any atom is -0.375 e. The number of unbranched alkanes of at least 4 members (excludes halogenated alkanes) is 1. The summed E-state index contributed by atoms with van der Waals surface area (Å²) in [6, 6.07) is 8.88. The first-order chi connectivity index (χ1) is 9.00. The van der Waals surface area contributed by atoms with Gasteiger partial charge >= 0.3 is 0 Å². The molecule has 0 amide bonds. The van der Waals surface area contributed by atoms with Crippen molar-refractivity contribution in [1.29, 1.82) is 5.26 Å². The molecule has 1 unspecified atom stereocenters. The average Bonchev–Trinajstić information content (AvgIpc) is 2.43. The topological polar surface area (TPSA) is 39.1 Å². The maximum atomic E-state index is 13.1. The summed E-state index contributed by atoms with van der Waals surface area (Å²) in [7, 11) is 3.76. The molecular formula is C15H22FN3. The Bertz CT molecular complexity index is 441. The van der Waals surface area contributed by atoms with Gasteiger partial charge in [-0.3, -0.25) is 0 Å². The first-order valence-corrected chi connectivity index (χ1v) is 6.57. The zero-order valence-electron chi connectivity index (χ0n) is 11.9.